The molecule has 0 unspecified atom stereocenters. The summed E-state index contributed by atoms with van der Waals surface area (Å²) in [6.07, 6.45) is -1.02. The van der Waals surface area contributed by atoms with Crippen molar-refractivity contribution >= 4 is 56.4 Å². The van der Waals surface area contributed by atoms with Gasteiger partial charge in [0, 0.05) is 5.02 Å². The first-order valence-electron chi connectivity index (χ1n) is 10.3. The number of sulfonamides is 1. The molecule has 0 aliphatic carbocycles. The number of methoxy groups -OCH3 is 1. The molecule has 12 heteroatoms. The molecule has 2 aromatic carbocycles. The van der Waals surface area contributed by atoms with Crippen LogP contribution < -0.4 is 13.8 Å². The van der Waals surface area contributed by atoms with Gasteiger partial charge in [-0.25, -0.2) is 17.7 Å². The van der Waals surface area contributed by atoms with E-state index in [0.29, 0.717) is 0 Å². The summed E-state index contributed by atoms with van der Waals surface area (Å²) < 4.78 is 39.3. The summed E-state index contributed by atoms with van der Waals surface area (Å²) in [5.41, 5.74) is 0.425. The Morgan fingerprint density at radius 1 is 1.17 bits per heavy atom. The maximum atomic E-state index is 13.7. The number of rotatable bonds is 7. The molecule has 0 spiro atoms. The Bertz CT molecular complexity index is 1380. The number of aromatic nitrogens is 1. The standard InChI is InChI=1S/C23H19Cl3N2O6S/c1-33-19-7-5-13(24)9-21(19)35(31,32)28-11-15(12-29)34-20-8-6-14(27-23(20)28)10-18(30)22-16(25)3-2-4-17(22)26/h2-9,15,29H,10-12H2,1H3/t15-/m1/s1. The van der Waals surface area contributed by atoms with Crippen LogP contribution in [0.5, 0.6) is 11.5 Å². The van der Waals surface area contributed by atoms with Gasteiger partial charge in [0.15, 0.2) is 17.4 Å². The van der Waals surface area contributed by atoms with Crippen molar-refractivity contribution in [1.29, 1.82) is 0 Å². The van der Waals surface area contributed by atoms with E-state index in [2.05, 4.69) is 4.98 Å². The number of carbonyl (C=O) groups excluding carboxylic acids is 1. The number of benzene rings is 2. The molecule has 1 aliphatic rings. The van der Waals surface area contributed by atoms with Crippen molar-refractivity contribution in [2.45, 2.75) is 17.4 Å². The lowest BCUT2D eigenvalue weighted by atomic mass is 10.1. The number of halogens is 3. The minimum Gasteiger partial charge on any atom is -0.495 e. The lowest BCUT2D eigenvalue weighted by Crippen LogP contribution is -2.45. The van der Waals surface area contributed by atoms with Crippen LogP contribution in [0.15, 0.2) is 53.4 Å². The van der Waals surface area contributed by atoms with Gasteiger partial charge in [0.2, 0.25) is 0 Å². The minimum absolute atomic E-state index is 0.0349. The van der Waals surface area contributed by atoms with E-state index >= 15 is 0 Å². The molecule has 0 bridgehead atoms. The molecule has 1 aliphatic heterocycles. The largest absolute Gasteiger partial charge is 0.495 e. The van der Waals surface area contributed by atoms with E-state index in [-0.39, 0.29) is 67.3 Å². The zero-order valence-electron chi connectivity index (χ0n) is 18.2. The first kappa shape index (κ1) is 25.5. The Morgan fingerprint density at radius 2 is 1.89 bits per heavy atom. The number of anilines is 1. The van der Waals surface area contributed by atoms with Gasteiger partial charge in [-0.1, -0.05) is 40.9 Å². The van der Waals surface area contributed by atoms with Crippen LogP contribution in [-0.4, -0.2) is 50.7 Å². The van der Waals surface area contributed by atoms with Crippen molar-refractivity contribution in [3.05, 3.63) is 74.9 Å². The highest BCUT2D eigenvalue weighted by molar-refractivity contribution is 7.93. The Hall–Kier alpha value is -2.56. The Labute approximate surface area is 217 Å². The second kappa shape index (κ2) is 10.2. The third kappa shape index (κ3) is 5.05. The number of hydrogen-bond acceptors (Lipinski definition) is 7. The van der Waals surface area contributed by atoms with Crippen molar-refractivity contribution in [2.24, 2.45) is 0 Å². The maximum absolute atomic E-state index is 13.7. The molecule has 1 aromatic heterocycles. The van der Waals surface area contributed by atoms with Gasteiger partial charge in [-0.3, -0.25) is 4.79 Å². The summed E-state index contributed by atoms with van der Waals surface area (Å²) in [6, 6.07) is 12.0. The van der Waals surface area contributed by atoms with E-state index in [1.54, 1.807) is 18.2 Å². The average molecular weight is 558 g/mol. The van der Waals surface area contributed by atoms with Gasteiger partial charge in [-0.05, 0) is 42.5 Å². The van der Waals surface area contributed by atoms with Crippen molar-refractivity contribution in [1.82, 2.24) is 4.98 Å². The van der Waals surface area contributed by atoms with Gasteiger partial charge in [-0.15, -0.1) is 0 Å². The van der Waals surface area contributed by atoms with Crippen LogP contribution in [0, 0.1) is 0 Å². The monoisotopic (exact) mass is 556 g/mol. The Kier molecular flexibility index (Phi) is 7.44. The molecular weight excluding hydrogens is 539 g/mol. The number of hydrogen-bond donors (Lipinski definition) is 1. The molecule has 3 aromatic rings. The smallest absolute Gasteiger partial charge is 0.269 e. The number of pyridine rings is 1. The molecule has 0 saturated carbocycles. The van der Waals surface area contributed by atoms with E-state index in [0.717, 1.165) is 4.31 Å². The van der Waals surface area contributed by atoms with Crippen LogP contribution in [0.4, 0.5) is 5.82 Å². The molecule has 184 valence electrons. The maximum Gasteiger partial charge on any atom is 0.269 e. The Morgan fingerprint density at radius 3 is 2.54 bits per heavy atom. The van der Waals surface area contributed by atoms with E-state index in [9.17, 15) is 18.3 Å². The topological polar surface area (TPSA) is 106 Å². The van der Waals surface area contributed by atoms with Crippen molar-refractivity contribution in [3.8, 4) is 11.5 Å². The summed E-state index contributed by atoms with van der Waals surface area (Å²) in [5, 5.41) is 10.3. The molecule has 0 fully saturated rings. The average Bonchev–Trinajstić information content (AvgIpc) is 2.83. The summed E-state index contributed by atoms with van der Waals surface area (Å²) >= 11 is 18.4. The summed E-state index contributed by atoms with van der Waals surface area (Å²) in [5.74, 6) is -0.203. The van der Waals surface area contributed by atoms with Crippen LogP contribution in [-0.2, 0) is 16.4 Å². The van der Waals surface area contributed by atoms with Gasteiger partial charge in [0.25, 0.3) is 10.0 Å². The molecule has 0 amide bonds. The third-order valence-electron chi connectivity index (χ3n) is 5.28. The van der Waals surface area contributed by atoms with Gasteiger partial charge < -0.3 is 14.6 Å². The van der Waals surface area contributed by atoms with Gasteiger partial charge >= 0.3 is 0 Å². The van der Waals surface area contributed by atoms with Crippen LogP contribution in [0.2, 0.25) is 15.1 Å². The van der Waals surface area contributed by atoms with E-state index in [4.69, 9.17) is 44.3 Å². The van der Waals surface area contributed by atoms with Crippen molar-refractivity contribution in [2.75, 3.05) is 24.6 Å². The molecule has 8 nitrogen and oxygen atoms in total. The quantitative estimate of drug-likeness (QED) is 0.429. The van der Waals surface area contributed by atoms with E-state index in [1.807, 2.05) is 0 Å². The fraction of sp³-hybridized carbons (Fsp3) is 0.217. The van der Waals surface area contributed by atoms with Crippen molar-refractivity contribution < 1.29 is 27.8 Å². The number of Topliss-reactive ketones (excluding diaryl/α,β-unsaturated/α-hetero) is 1. The molecule has 1 atom stereocenters. The SMILES string of the molecule is COc1ccc(Cl)cc1S(=O)(=O)N1C[C@H](CO)Oc2ccc(CC(=O)c3c(Cl)cccc3Cl)nc21. The summed E-state index contributed by atoms with van der Waals surface area (Å²) in [4.78, 5) is 17.1. The number of carbonyl (C=O) groups is 1. The molecule has 2 heterocycles. The van der Waals surface area contributed by atoms with Gasteiger partial charge in [0.1, 0.15) is 16.7 Å². The second-order valence-electron chi connectivity index (χ2n) is 7.57. The zero-order valence-corrected chi connectivity index (χ0v) is 21.3. The highest BCUT2D eigenvalue weighted by Crippen LogP contribution is 2.38. The Balaban J connectivity index is 1.76. The summed E-state index contributed by atoms with van der Waals surface area (Å²) in [7, 11) is -2.91. The van der Waals surface area contributed by atoms with E-state index < -0.39 is 22.7 Å². The second-order valence-corrected chi connectivity index (χ2v) is 10.7. The van der Waals surface area contributed by atoms with E-state index in [1.165, 1.54) is 37.4 Å². The molecule has 4 rings (SSSR count). The van der Waals surface area contributed by atoms with Crippen LogP contribution in [0.1, 0.15) is 16.1 Å². The van der Waals surface area contributed by atoms with Crippen molar-refractivity contribution in [3.63, 3.8) is 0 Å². The zero-order chi connectivity index (χ0) is 25.3. The predicted octanol–water partition coefficient (Wildman–Crippen LogP) is 4.42. The highest BCUT2D eigenvalue weighted by atomic mass is 35.5. The normalized spacial score (nSPS) is 15.3. The van der Waals surface area contributed by atoms with Crippen LogP contribution in [0.25, 0.3) is 0 Å². The number of ketones is 1. The lowest BCUT2D eigenvalue weighted by Gasteiger charge is -2.34. The van der Waals surface area contributed by atoms with Crippen LogP contribution >= 0.6 is 34.8 Å². The molecular formula is C23H19Cl3N2O6S. The predicted molar refractivity (Wildman–Crippen MR) is 133 cm³/mol. The molecule has 35 heavy (non-hydrogen) atoms. The number of nitrogens with zero attached hydrogens (tertiary/aromatic N) is 2. The number of ether oxygens (including phenoxy) is 2. The third-order valence-corrected chi connectivity index (χ3v) is 7.92. The number of aliphatic hydroxyl groups is 1. The summed E-state index contributed by atoms with van der Waals surface area (Å²) in [6.45, 7) is -0.647. The number of fused-ring (bicyclic) bond motifs is 1. The molecule has 0 radical (unpaired) electrons. The fourth-order valence-electron chi connectivity index (χ4n) is 3.63. The van der Waals surface area contributed by atoms with Crippen LogP contribution in [0.3, 0.4) is 0 Å². The van der Waals surface area contributed by atoms with Gasteiger partial charge in [0.05, 0.1) is 48.0 Å². The lowest BCUT2D eigenvalue weighted by molar-refractivity contribution is 0.0991. The molecule has 1 N–H and O–H groups in total. The molecule has 0 saturated heterocycles. The van der Waals surface area contributed by atoms with Gasteiger partial charge in [-0.2, -0.15) is 0 Å². The first-order valence-corrected chi connectivity index (χ1v) is 12.8. The first-order chi connectivity index (χ1) is 16.6. The fourth-order valence-corrected chi connectivity index (χ4v) is 6.11. The highest BCUT2D eigenvalue weighted by Gasteiger charge is 2.37. The minimum atomic E-state index is -4.25. The number of aliphatic hydroxyl groups excluding tert-OH is 1.